The monoisotopic (exact) mass is 450 g/mol. The van der Waals surface area contributed by atoms with Crippen LogP contribution in [0.4, 0.5) is 0 Å². The Morgan fingerprint density at radius 1 is 1.00 bits per heavy atom. The number of nitrogens with one attached hydrogen (secondary N) is 2. The van der Waals surface area contributed by atoms with Gasteiger partial charge in [0.05, 0.1) is 0 Å². The third kappa shape index (κ3) is 0.823. The first kappa shape index (κ1) is 3.86. The van der Waals surface area contributed by atoms with E-state index >= 15 is 0 Å². The van der Waals surface area contributed by atoms with Gasteiger partial charge in [-0.3, -0.25) is 0 Å². The molecule has 0 spiro atoms. The van der Waals surface area contributed by atoms with Crippen molar-refractivity contribution in [2.75, 3.05) is 0 Å². The van der Waals surface area contributed by atoms with Crippen molar-refractivity contribution < 1.29 is 0 Å². The van der Waals surface area contributed by atoms with Crippen molar-refractivity contribution in [1.82, 2.24) is 2.41 Å². The maximum atomic E-state index is 3.39. The van der Waals surface area contributed by atoms with Crippen LogP contribution in [0.15, 0.2) is 0 Å². The zero-order valence-electron chi connectivity index (χ0n) is 2.00. The Labute approximate surface area is 49.5 Å². The van der Waals surface area contributed by atoms with E-state index in [0.717, 1.165) is 0 Å². The summed E-state index contributed by atoms with van der Waals surface area (Å²) in [5.41, 5.74) is 0. The van der Waals surface area contributed by atoms with Gasteiger partial charge >= 0.3 is 50.0 Å². The Kier molecular flexibility index (Phi) is 1.90. The van der Waals surface area contributed by atoms with Crippen molar-refractivity contribution >= 4 is 47.6 Å². The molecule has 1 heterocycles. The Hall–Kier alpha value is 1.69. The average Bonchev–Trinajstić information content (AvgIpc) is 0.722. The molecule has 1 aliphatic heterocycles. The van der Waals surface area contributed by atoms with Crippen molar-refractivity contribution in [1.29, 1.82) is 0 Å². The van der Waals surface area contributed by atoms with Crippen molar-refractivity contribution in [2.45, 2.75) is 0 Å². The molecule has 0 saturated carbocycles. The zero-order chi connectivity index (χ0) is 2.83. The fourth-order valence-corrected chi connectivity index (χ4v) is 4.81. The minimum atomic E-state index is -0.167. The van der Waals surface area contributed by atoms with E-state index in [1.807, 2.05) is 0 Å². The van der Waals surface area contributed by atoms with Crippen LogP contribution < -0.4 is 2.41 Å². The molecule has 2 nitrogen and oxygen atoms in total. The molecule has 0 amide bonds. The van der Waals surface area contributed by atoms with E-state index in [1.54, 1.807) is 0 Å². The molecule has 0 atom stereocenters. The van der Waals surface area contributed by atoms with Gasteiger partial charge < -0.3 is 0 Å². The molecule has 0 aromatic rings. The van der Waals surface area contributed by atoms with Crippen molar-refractivity contribution in [3.8, 4) is 0 Å². The van der Waals surface area contributed by atoms with Gasteiger partial charge in [0, 0.05) is 0 Å². The summed E-state index contributed by atoms with van der Waals surface area (Å²) in [7, 11) is 0. The number of rotatable bonds is 0. The van der Waals surface area contributed by atoms with Gasteiger partial charge in [0.15, 0.2) is 0 Å². The molecule has 1 fully saturated rings. The van der Waals surface area contributed by atoms with Crippen LogP contribution in [-0.2, 0) is 0 Å². The van der Waals surface area contributed by atoms with Crippen molar-refractivity contribution in [2.24, 2.45) is 0 Å². The van der Waals surface area contributed by atoms with E-state index in [2.05, 4.69) is 2.41 Å². The van der Waals surface area contributed by atoms with Gasteiger partial charge in [-0.05, 0) is 0 Å². The van der Waals surface area contributed by atoms with Crippen molar-refractivity contribution in [3.63, 3.8) is 0 Å². The molecule has 24 valence electrons. The fraction of sp³-hybridized carbons (Fsp3) is 0. The van der Waals surface area contributed by atoms with Gasteiger partial charge in [-0.1, -0.05) is 0 Å². The summed E-state index contributed by atoms with van der Waals surface area (Å²) >= 11 is -0.333. The SMILES string of the molecule is [NH]1[BiH][NH][BiH]1. The fourth-order valence-electron chi connectivity index (χ4n) is 0.0625. The van der Waals surface area contributed by atoms with E-state index < -0.39 is 0 Å². The Bertz CT molecular complexity index is 12.0. The summed E-state index contributed by atoms with van der Waals surface area (Å²) in [5, 5.41) is 0. The number of hydrogen-bond donors (Lipinski definition) is 2. The van der Waals surface area contributed by atoms with Gasteiger partial charge in [0.2, 0.25) is 0 Å². The van der Waals surface area contributed by atoms with Crippen LogP contribution in [0.2, 0.25) is 0 Å². The molecular formula is H4Bi2N2. The van der Waals surface area contributed by atoms with Crippen LogP contribution in [0.3, 0.4) is 0 Å². The molecule has 0 bridgehead atoms. The minimum absolute atomic E-state index is 0.167. The molecule has 2 N–H and O–H groups in total. The second kappa shape index (κ2) is 1.97. The van der Waals surface area contributed by atoms with E-state index in [-0.39, 0.29) is 47.6 Å². The Morgan fingerprint density at radius 3 is 1.25 bits per heavy atom. The van der Waals surface area contributed by atoms with E-state index in [1.165, 1.54) is 0 Å². The van der Waals surface area contributed by atoms with Crippen LogP contribution in [0, 0.1) is 0 Å². The summed E-state index contributed by atoms with van der Waals surface area (Å²) in [6.45, 7) is 0. The average molecular weight is 450 g/mol. The second-order valence-electron chi connectivity index (χ2n) is 0.500. The van der Waals surface area contributed by atoms with Crippen LogP contribution in [0.1, 0.15) is 0 Å². The number of hydrogen-bond acceptors (Lipinski definition) is 2. The third-order valence-corrected chi connectivity index (χ3v) is 19.3. The molecule has 0 aromatic carbocycles. The molecule has 1 saturated heterocycles. The van der Waals surface area contributed by atoms with Crippen molar-refractivity contribution in [3.05, 3.63) is 0 Å². The predicted molar refractivity (Wildman–Crippen MR) is 20.6 cm³/mol. The first-order valence-electron chi connectivity index (χ1n) is 1.00. The molecule has 4 heteroatoms. The quantitative estimate of drug-likeness (QED) is 0.407. The van der Waals surface area contributed by atoms with E-state index in [4.69, 9.17) is 0 Å². The van der Waals surface area contributed by atoms with Gasteiger partial charge in [0.25, 0.3) is 0 Å². The Morgan fingerprint density at radius 2 is 1.25 bits per heavy atom. The van der Waals surface area contributed by atoms with E-state index in [0.29, 0.717) is 0 Å². The maximum absolute atomic E-state index is 3.39. The summed E-state index contributed by atoms with van der Waals surface area (Å²) in [6.07, 6.45) is 0. The van der Waals surface area contributed by atoms with Crippen LogP contribution in [0.25, 0.3) is 0 Å². The molecule has 1 rings (SSSR count). The van der Waals surface area contributed by atoms with E-state index in [9.17, 15) is 0 Å². The molecule has 0 aromatic heterocycles. The van der Waals surface area contributed by atoms with Crippen LogP contribution >= 0.6 is 0 Å². The summed E-state index contributed by atoms with van der Waals surface area (Å²) in [6, 6.07) is 0. The van der Waals surface area contributed by atoms with Gasteiger partial charge in [-0.15, -0.1) is 0 Å². The first-order chi connectivity index (χ1) is 2.00. The molecule has 4 heavy (non-hydrogen) atoms. The van der Waals surface area contributed by atoms with Gasteiger partial charge in [0.1, 0.15) is 0 Å². The molecule has 1 aliphatic rings. The summed E-state index contributed by atoms with van der Waals surface area (Å²) < 4.78 is 6.78. The molecule has 0 unspecified atom stereocenters. The molecular weight excluding hydrogens is 446 g/mol. The van der Waals surface area contributed by atoms with Crippen LogP contribution in [-0.4, -0.2) is 47.6 Å². The first-order valence-corrected chi connectivity index (χ1v) is 8.77. The summed E-state index contributed by atoms with van der Waals surface area (Å²) in [4.78, 5) is 0. The topological polar surface area (TPSA) is 24.1 Å². The molecule has 0 radical (unpaired) electrons. The standard InChI is InChI=1S/2Bi.2HN.2H/h;;2*1H;;. The Balaban J connectivity index is 2.00. The van der Waals surface area contributed by atoms with Crippen LogP contribution in [0.5, 0.6) is 0 Å². The van der Waals surface area contributed by atoms with Gasteiger partial charge in [-0.2, -0.15) is 0 Å². The zero-order valence-corrected chi connectivity index (χ0v) is 9.77. The van der Waals surface area contributed by atoms with Gasteiger partial charge in [-0.25, -0.2) is 0 Å². The predicted octanol–water partition coefficient (Wildman–Crippen LogP) is -2.29. The normalized spacial score (nSPS) is 24.0. The third-order valence-electron chi connectivity index (χ3n) is 0.250. The molecule has 0 aliphatic carbocycles. The summed E-state index contributed by atoms with van der Waals surface area (Å²) in [5.74, 6) is 0. The second-order valence-corrected chi connectivity index (χ2v) is 21.4.